The highest BCUT2D eigenvalue weighted by atomic mass is 32.1. The minimum Gasteiger partial charge on any atom is -0.140 e. The van der Waals surface area contributed by atoms with Crippen LogP contribution in [0.25, 0.3) is 60.6 Å². The van der Waals surface area contributed by atoms with Gasteiger partial charge in [-0.05, 0) is 163 Å². The molecule has 0 fully saturated rings. The number of rotatable bonds is 6. The smallest absolute Gasteiger partial charge is 0.0736 e. The fourth-order valence-corrected chi connectivity index (χ4v) is 16.9. The lowest BCUT2D eigenvalue weighted by atomic mass is 9.65. The van der Waals surface area contributed by atoms with E-state index in [9.17, 15) is 0 Å². The monoisotopic (exact) mass is 924 g/mol. The van der Waals surface area contributed by atoms with Crippen molar-refractivity contribution in [1.29, 1.82) is 0 Å². The van der Waals surface area contributed by atoms with E-state index in [-0.39, 0.29) is 0 Å². The standard InChI is InChI=1S/C60H44S5/c1-33-7-17-40(18-8-33)59(41-19-9-34(2)10-20-41)47-30-46-48(29-45(47)44-27-39-28-53(50-25-15-37(5)61-50)63-52(39)31-49(44)59)60(42-21-11-35(3)12-22-42,43-23-13-36(4)14-24-43)56-57(46)65-55-32-54(64-58(55)56)51-26-16-38(6)62-51/h7-32H,1-6H3. The number of hydrogen-bond donors (Lipinski definition) is 0. The summed E-state index contributed by atoms with van der Waals surface area (Å²) in [5.41, 5.74) is 18.8. The summed E-state index contributed by atoms with van der Waals surface area (Å²) in [7, 11) is 0. The fraction of sp³-hybridized carbons (Fsp3) is 0.133. The van der Waals surface area contributed by atoms with Crippen LogP contribution >= 0.6 is 56.7 Å². The molecule has 0 amide bonds. The van der Waals surface area contributed by atoms with Crippen molar-refractivity contribution in [1.82, 2.24) is 0 Å². The van der Waals surface area contributed by atoms with E-state index in [4.69, 9.17) is 0 Å². The molecule has 13 rings (SSSR count). The zero-order valence-electron chi connectivity index (χ0n) is 37.1. The van der Waals surface area contributed by atoms with Crippen molar-refractivity contribution >= 4 is 76.2 Å². The summed E-state index contributed by atoms with van der Waals surface area (Å²) in [6.07, 6.45) is 0. The first kappa shape index (κ1) is 39.7. The van der Waals surface area contributed by atoms with Gasteiger partial charge in [0.15, 0.2) is 0 Å². The van der Waals surface area contributed by atoms with E-state index < -0.39 is 10.8 Å². The van der Waals surface area contributed by atoms with E-state index >= 15 is 0 Å². The van der Waals surface area contributed by atoms with Crippen LogP contribution in [0.15, 0.2) is 158 Å². The van der Waals surface area contributed by atoms with Gasteiger partial charge in [0.25, 0.3) is 0 Å². The van der Waals surface area contributed by atoms with Gasteiger partial charge in [-0.1, -0.05) is 119 Å². The van der Waals surface area contributed by atoms with Crippen LogP contribution in [0.4, 0.5) is 0 Å². The second-order valence-electron chi connectivity index (χ2n) is 18.4. The molecule has 0 aliphatic heterocycles. The number of thiophene rings is 5. The summed E-state index contributed by atoms with van der Waals surface area (Å²) in [5, 5.41) is 1.31. The Bertz CT molecular complexity index is 3600. The van der Waals surface area contributed by atoms with Gasteiger partial charge in [0.1, 0.15) is 0 Å². The number of benzene rings is 6. The van der Waals surface area contributed by atoms with Crippen LogP contribution in [0.2, 0.25) is 0 Å². The molecule has 0 nitrogen and oxygen atoms in total. The average molecular weight is 925 g/mol. The lowest BCUT2D eigenvalue weighted by Crippen LogP contribution is -2.30. The molecule has 2 aliphatic carbocycles. The number of fused-ring (bicyclic) bond motifs is 9. The molecule has 65 heavy (non-hydrogen) atoms. The SMILES string of the molecule is Cc1ccc(C2(c3ccc(C)cc3)c3cc4c(cc3-c3cc5cc(-c6ccc(C)s6)sc5cc32)C(c2ccc(C)cc2)(c2ccc(C)cc2)c2c-4sc3cc(-c4ccc(C)s4)sc23)cc1. The van der Waals surface area contributed by atoms with Crippen LogP contribution in [0.3, 0.4) is 0 Å². The molecule has 314 valence electrons. The molecule has 0 bridgehead atoms. The molecular weight excluding hydrogens is 881 g/mol. The van der Waals surface area contributed by atoms with Gasteiger partial charge < -0.3 is 0 Å². The summed E-state index contributed by atoms with van der Waals surface area (Å²) >= 11 is 9.70. The van der Waals surface area contributed by atoms with Gasteiger partial charge in [-0.3, -0.25) is 0 Å². The maximum atomic E-state index is 2.66. The average Bonchev–Trinajstić information content (AvgIpc) is 4.18. The predicted octanol–water partition coefficient (Wildman–Crippen LogP) is 18.2. The van der Waals surface area contributed by atoms with Crippen molar-refractivity contribution in [3.63, 3.8) is 0 Å². The summed E-state index contributed by atoms with van der Waals surface area (Å²) in [6.45, 7) is 13.3. The van der Waals surface area contributed by atoms with Crippen LogP contribution in [0.5, 0.6) is 0 Å². The van der Waals surface area contributed by atoms with Crippen molar-refractivity contribution in [2.45, 2.75) is 52.4 Å². The zero-order valence-corrected chi connectivity index (χ0v) is 41.1. The van der Waals surface area contributed by atoms with Gasteiger partial charge >= 0.3 is 0 Å². The molecule has 0 N–H and O–H groups in total. The van der Waals surface area contributed by atoms with Crippen LogP contribution < -0.4 is 0 Å². The Kier molecular flexibility index (Phi) is 8.80. The Morgan fingerprint density at radius 3 is 1.28 bits per heavy atom. The molecule has 6 aromatic carbocycles. The van der Waals surface area contributed by atoms with Crippen molar-refractivity contribution in [3.05, 3.63) is 234 Å². The van der Waals surface area contributed by atoms with Gasteiger partial charge in [0.05, 0.1) is 15.5 Å². The third kappa shape index (κ3) is 5.69. The molecule has 0 spiro atoms. The molecule has 0 atom stereocenters. The normalized spacial score (nSPS) is 14.2. The molecular formula is C60H44S5. The van der Waals surface area contributed by atoms with Gasteiger partial charge in [-0.2, -0.15) is 0 Å². The van der Waals surface area contributed by atoms with Crippen LogP contribution in [-0.2, 0) is 10.8 Å². The zero-order chi connectivity index (χ0) is 43.9. The van der Waals surface area contributed by atoms with Gasteiger partial charge in [0, 0.05) is 49.1 Å². The molecule has 2 aliphatic rings. The molecule has 11 aromatic rings. The highest BCUT2D eigenvalue weighted by Crippen LogP contribution is 2.66. The van der Waals surface area contributed by atoms with Gasteiger partial charge in [-0.25, -0.2) is 0 Å². The first-order chi connectivity index (χ1) is 31.6. The third-order valence-corrected chi connectivity index (χ3v) is 20.1. The Balaban J connectivity index is 1.18. The summed E-state index contributed by atoms with van der Waals surface area (Å²) in [5.74, 6) is 0. The first-order valence-corrected chi connectivity index (χ1v) is 26.4. The predicted molar refractivity (Wildman–Crippen MR) is 285 cm³/mol. The summed E-state index contributed by atoms with van der Waals surface area (Å²) in [6, 6.07) is 62.3. The Labute approximate surface area is 400 Å². The van der Waals surface area contributed by atoms with Crippen molar-refractivity contribution < 1.29 is 0 Å². The highest BCUT2D eigenvalue weighted by molar-refractivity contribution is 7.32. The van der Waals surface area contributed by atoms with Gasteiger partial charge in [-0.15, -0.1) is 56.7 Å². The Morgan fingerprint density at radius 1 is 0.323 bits per heavy atom. The van der Waals surface area contributed by atoms with Crippen molar-refractivity contribution in [3.8, 4) is 41.1 Å². The number of aryl methyl sites for hydroxylation is 6. The molecule has 0 saturated heterocycles. The van der Waals surface area contributed by atoms with E-state index in [1.807, 2.05) is 56.7 Å². The maximum absolute atomic E-state index is 2.66. The molecule has 0 unspecified atom stereocenters. The topological polar surface area (TPSA) is 0 Å². The number of hydrogen-bond acceptors (Lipinski definition) is 5. The van der Waals surface area contributed by atoms with Crippen LogP contribution in [0, 0.1) is 41.5 Å². The molecule has 0 saturated carbocycles. The molecule has 5 heteroatoms. The van der Waals surface area contributed by atoms with E-state index in [0.717, 1.165) is 0 Å². The second-order valence-corrected chi connectivity index (χ2v) is 24.1. The van der Waals surface area contributed by atoms with E-state index in [1.165, 1.54) is 137 Å². The quantitative estimate of drug-likeness (QED) is 0.156. The van der Waals surface area contributed by atoms with Gasteiger partial charge in [0.2, 0.25) is 0 Å². The fourth-order valence-electron chi connectivity index (χ4n) is 11.1. The maximum Gasteiger partial charge on any atom is 0.0736 e. The van der Waals surface area contributed by atoms with Crippen molar-refractivity contribution in [2.75, 3.05) is 0 Å². The van der Waals surface area contributed by atoms with Crippen molar-refractivity contribution in [2.24, 2.45) is 0 Å². The lowest BCUT2D eigenvalue weighted by Gasteiger charge is -2.35. The van der Waals surface area contributed by atoms with E-state index in [1.54, 1.807) is 0 Å². The molecule has 0 radical (unpaired) electrons. The first-order valence-electron chi connectivity index (χ1n) is 22.4. The summed E-state index contributed by atoms with van der Waals surface area (Å²) in [4.78, 5) is 9.48. The third-order valence-electron chi connectivity index (χ3n) is 14.2. The van der Waals surface area contributed by atoms with Crippen LogP contribution in [-0.4, -0.2) is 0 Å². The highest BCUT2D eigenvalue weighted by Gasteiger charge is 2.53. The minimum absolute atomic E-state index is 0.539. The van der Waals surface area contributed by atoms with E-state index in [2.05, 4.69) is 199 Å². The molecule has 5 aromatic heterocycles. The Hall–Kier alpha value is -5.66. The van der Waals surface area contributed by atoms with E-state index in [0.29, 0.717) is 0 Å². The van der Waals surface area contributed by atoms with Crippen LogP contribution in [0.1, 0.15) is 76.5 Å². The second kappa shape index (κ2) is 14.4. The summed E-state index contributed by atoms with van der Waals surface area (Å²) < 4.78 is 4.11. The Morgan fingerprint density at radius 2 is 0.769 bits per heavy atom. The lowest BCUT2D eigenvalue weighted by molar-refractivity contribution is 0.762. The molecule has 5 heterocycles. The minimum atomic E-state index is -0.545. The largest absolute Gasteiger partial charge is 0.140 e.